The zero-order valence-corrected chi connectivity index (χ0v) is 10.4. The molecule has 0 saturated carbocycles. The molecule has 1 aromatic rings. The Hall–Kier alpha value is -0.240. The molecule has 1 fully saturated rings. The summed E-state index contributed by atoms with van der Waals surface area (Å²) in [4.78, 5) is 0. The molecule has 15 heavy (non-hydrogen) atoms. The average Bonchev–Trinajstić information content (AvgIpc) is 2.75. The Kier molecular flexibility index (Phi) is 3.24. The van der Waals surface area contributed by atoms with Crippen LogP contribution in [0.1, 0.15) is 6.42 Å². The molecular weight excluding hydrogens is 252 g/mol. The number of nitrogens with one attached hydrogen (secondary N) is 1. The van der Waals surface area contributed by atoms with Crippen molar-refractivity contribution in [3.05, 3.63) is 11.4 Å². The predicted octanol–water partition coefficient (Wildman–Crippen LogP) is 1.11. The topological polar surface area (TPSA) is 72.2 Å². The van der Waals surface area contributed by atoms with Crippen LogP contribution >= 0.6 is 23.1 Å². The molecule has 3 N–H and O–H groups in total. The van der Waals surface area contributed by atoms with Crippen LogP contribution in [0.25, 0.3) is 0 Å². The molecule has 0 radical (unpaired) electrons. The molecule has 1 saturated heterocycles. The first-order chi connectivity index (χ1) is 7.08. The SMILES string of the molecule is Nc1csc(S(=O)(=O)NC2CCSC2)c1. The van der Waals surface area contributed by atoms with Gasteiger partial charge in [0.1, 0.15) is 4.21 Å². The van der Waals surface area contributed by atoms with Crippen LogP contribution in [0, 0.1) is 0 Å². The summed E-state index contributed by atoms with van der Waals surface area (Å²) in [5.74, 6) is 1.89. The Morgan fingerprint density at radius 2 is 2.33 bits per heavy atom. The summed E-state index contributed by atoms with van der Waals surface area (Å²) in [5.41, 5.74) is 6.00. The van der Waals surface area contributed by atoms with Crippen LogP contribution in [0.2, 0.25) is 0 Å². The number of hydrogen-bond acceptors (Lipinski definition) is 5. The van der Waals surface area contributed by atoms with Crippen LogP contribution in [0.3, 0.4) is 0 Å². The first kappa shape index (κ1) is 11.3. The summed E-state index contributed by atoms with van der Waals surface area (Å²) >= 11 is 2.93. The molecule has 0 bridgehead atoms. The van der Waals surface area contributed by atoms with Gasteiger partial charge >= 0.3 is 0 Å². The lowest BCUT2D eigenvalue weighted by Crippen LogP contribution is -2.34. The van der Waals surface area contributed by atoms with Crippen molar-refractivity contribution in [2.45, 2.75) is 16.7 Å². The minimum atomic E-state index is -3.35. The van der Waals surface area contributed by atoms with Crippen LogP contribution in [-0.2, 0) is 10.0 Å². The first-order valence-corrected chi connectivity index (χ1v) is 8.04. The van der Waals surface area contributed by atoms with Gasteiger partial charge in [-0.1, -0.05) is 0 Å². The first-order valence-electron chi connectivity index (χ1n) is 4.52. The third-order valence-corrected chi connectivity index (χ3v) is 6.25. The molecule has 0 amide bonds. The number of rotatable bonds is 3. The van der Waals surface area contributed by atoms with E-state index >= 15 is 0 Å². The molecule has 1 atom stereocenters. The fourth-order valence-electron chi connectivity index (χ4n) is 1.38. The van der Waals surface area contributed by atoms with E-state index in [9.17, 15) is 8.42 Å². The Balaban J connectivity index is 2.12. The largest absolute Gasteiger partial charge is 0.398 e. The molecular formula is C8H12N2O2S3. The highest BCUT2D eigenvalue weighted by atomic mass is 32.2. The Labute approximate surface area is 97.3 Å². The monoisotopic (exact) mass is 264 g/mol. The molecule has 1 aromatic heterocycles. The maximum absolute atomic E-state index is 11.8. The van der Waals surface area contributed by atoms with Crippen molar-refractivity contribution in [2.24, 2.45) is 0 Å². The molecule has 84 valence electrons. The molecule has 7 heteroatoms. The van der Waals surface area contributed by atoms with Crippen molar-refractivity contribution in [3.63, 3.8) is 0 Å². The van der Waals surface area contributed by atoms with E-state index < -0.39 is 10.0 Å². The zero-order chi connectivity index (χ0) is 10.9. The van der Waals surface area contributed by atoms with Crippen molar-refractivity contribution in [2.75, 3.05) is 17.2 Å². The fourth-order valence-corrected chi connectivity index (χ4v) is 5.00. The summed E-state index contributed by atoms with van der Waals surface area (Å²) < 4.78 is 26.7. The van der Waals surface area contributed by atoms with Gasteiger partial charge in [-0.3, -0.25) is 0 Å². The Morgan fingerprint density at radius 3 is 2.87 bits per heavy atom. The van der Waals surface area contributed by atoms with Crippen molar-refractivity contribution in [1.29, 1.82) is 0 Å². The Morgan fingerprint density at radius 1 is 1.53 bits per heavy atom. The number of nitrogens with two attached hydrogens (primary N) is 1. The summed E-state index contributed by atoms with van der Waals surface area (Å²) in [5, 5.41) is 1.64. The molecule has 1 aliphatic heterocycles. The smallest absolute Gasteiger partial charge is 0.250 e. The average molecular weight is 264 g/mol. The summed E-state index contributed by atoms with van der Waals surface area (Å²) in [6, 6.07) is 1.57. The van der Waals surface area contributed by atoms with E-state index in [2.05, 4.69) is 4.72 Å². The lowest BCUT2D eigenvalue weighted by molar-refractivity contribution is 0.565. The molecule has 1 aliphatic rings. The highest BCUT2D eigenvalue weighted by Crippen LogP contribution is 2.24. The van der Waals surface area contributed by atoms with Gasteiger partial charge in [-0.15, -0.1) is 11.3 Å². The van der Waals surface area contributed by atoms with Gasteiger partial charge in [-0.25, -0.2) is 13.1 Å². The molecule has 4 nitrogen and oxygen atoms in total. The van der Waals surface area contributed by atoms with Crippen LogP contribution in [-0.4, -0.2) is 26.0 Å². The molecule has 2 heterocycles. The summed E-state index contributed by atoms with van der Waals surface area (Å²) in [7, 11) is -3.35. The van der Waals surface area contributed by atoms with Crippen LogP contribution in [0.4, 0.5) is 5.69 Å². The normalized spacial score (nSPS) is 22.0. The van der Waals surface area contributed by atoms with E-state index in [1.54, 1.807) is 17.1 Å². The van der Waals surface area contributed by atoms with Gasteiger partial charge in [0.2, 0.25) is 10.0 Å². The maximum atomic E-state index is 11.8. The van der Waals surface area contributed by atoms with Crippen molar-refractivity contribution < 1.29 is 8.42 Å². The third kappa shape index (κ3) is 2.66. The lowest BCUT2D eigenvalue weighted by atomic mass is 10.3. The number of sulfonamides is 1. The second kappa shape index (κ2) is 4.32. The van der Waals surface area contributed by atoms with Crippen LogP contribution in [0.15, 0.2) is 15.7 Å². The number of nitrogen functional groups attached to an aromatic ring is 1. The quantitative estimate of drug-likeness (QED) is 0.858. The summed E-state index contributed by atoms with van der Waals surface area (Å²) in [6.07, 6.45) is 0.907. The Bertz CT molecular complexity index is 434. The van der Waals surface area contributed by atoms with Gasteiger partial charge in [0.05, 0.1) is 0 Å². The van der Waals surface area contributed by atoms with E-state index in [1.807, 2.05) is 0 Å². The van der Waals surface area contributed by atoms with Crippen molar-refractivity contribution >= 4 is 38.8 Å². The number of thiophene rings is 1. The molecule has 1 unspecified atom stereocenters. The molecule has 0 aliphatic carbocycles. The van der Waals surface area contributed by atoms with Gasteiger partial charge < -0.3 is 5.73 Å². The van der Waals surface area contributed by atoms with E-state index in [0.29, 0.717) is 9.90 Å². The van der Waals surface area contributed by atoms with E-state index in [4.69, 9.17) is 5.73 Å². The van der Waals surface area contributed by atoms with E-state index in [-0.39, 0.29) is 6.04 Å². The van der Waals surface area contributed by atoms with Crippen LogP contribution < -0.4 is 10.5 Å². The zero-order valence-electron chi connectivity index (χ0n) is 7.97. The van der Waals surface area contributed by atoms with Gasteiger partial charge in [0.25, 0.3) is 0 Å². The minimum absolute atomic E-state index is 0.0725. The molecule has 0 aromatic carbocycles. The van der Waals surface area contributed by atoms with Gasteiger partial charge in [-0.2, -0.15) is 11.8 Å². The minimum Gasteiger partial charge on any atom is -0.398 e. The van der Waals surface area contributed by atoms with Gasteiger partial charge in [-0.05, 0) is 18.2 Å². The van der Waals surface area contributed by atoms with E-state index in [1.165, 1.54) is 6.07 Å². The fraction of sp³-hybridized carbons (Fsp3) is 0.500. The van der Waals surface area contributed by atoms with E-state index in [0.717, 1.165) is 29.3 Å². The summed E-state index contributed by atoms with van der Waals surface area (Å²) in [6.45, 7) is 0. The number of thioether (sulfide) groups is 1. The molecule has 2 rings (SSSR count). The lowest BCUT2D eigenvalue weighted by Gasteiger charge is -2.09. The van der Waals surface area contributed by atoms with Crippen LogP contribution in [0.5, 0.6) is 0 Å². The van der Waals surface area contributed by atoms with Gasteiger partial charge in [0.15, 0.2) is 0 Å². The second-order valence-corrected chi connectivity index (χ2v) is 7.38. The standard InChI is InChI=1S/C8H12N2O2S3/c9-6-3-8(14-4-6)15(11,12)10-7-1-2-13-5-7/h3-4,7,10H,1-2,5,9H2. The highest BCUT2D eigenvalue weighted by molar-refractivity contribution is 7.99. The third-order valence-electron chi connectivity index (χ3n) is 2.11. The van der Waals surface area contributed by atoms with Crippen molar-refractivity contribution in [3.8, 4) is 0 Å². The highest BCUT2D eigenvalue weighted by Gasteiger charge is 2.24. The van der Waals surface area contributed by atoms with Crippen molar-refractivity contribution in [1.82, 2.24) is 4.72 Å². The predicted molar refractivity (Wildman–Crippen MR) is 64.8 cm³/mol. The molecule has 0 spiro atoms. The number of hydrogen-bond donors (Lipinski definition) is 2. The number of anilines is 1. The maximum Gasteiger partial charge on any atom is 0.250 e. The van der Waals surface area contributed by atoms with Gasteiger partial charge in [0, 0.05) is 22.9 Å². The second-order valence-electron chi connectivity index (χ2n) is 3.38.